The molecule has 0 spiro atoms. The molecule has 188 valence electrons. The first-order valence-corrected chi connectivity index (χ1v) is 16.3. The molecule has 0 bridgehead atoms. The van der Waals surface area contributed by atoms with E-state index in [1.165, 1.54) is 147 Å². The standard InChI is InChI=1S/C28H60O2Si/c1-4-7-8-9-10-11-12-13-14-15-16-17-18-19-20-21-22-23-24-25-26-27-28-31(29-5-2)30-6-3/h31H,4-28H2,1-3H3. The molecule has 0 N–H and O–H groups in total. The van der Waals surface area contributed by atoms with Crippen molar-refractivity contribution in [1.29, 1.82) is 0 Å². The molecule has 0 aromatic heterocycles. The maximum Gasteiger partial charge on any atom is 0.321 e. The Morgan fingerprint density at radius 2 is 0.613 bits per heavy atom. The minimum absolute atomic E-state index is 0.816. The summed E-state index contributed by atoms with van der Waals surface area (Å²) in [6, 6.07) is 1.20. The van der Waals surface area contributed by atoms with E-state index < -0.39 is 9.28 Å². The van der Waals surface area contributed by atoms with Crippen LogP contribution in [0.5, 0.6) is 0 Å². The second-order valence-corrected chi connectivity index (χ2v) is 11.7. The first-order chi connectivity index (χ1) is 15.3. The third-order valence-electron chi connectivity index (χ3n) is 6.50. The normalized spacial score (nSPS) is 11.6. The number of rotatable bonds is 27. The van der Waals surface area contributed by atoms with Gasteiger partial charge < -0.3 is 8.85 Å². The zero-order valence-electron chi connectivity index (χ0n) is 22.1. The number of hydrogen-bond donors (Lipinski definition) is 0. The lowest BCUT2D eigenvalue weighted by atomic mass is 10.0. The molecule has 2 nitrogen and oxygen atoms in total. The van der Waals surface area contributed by atoms with E-state index in [0.29, 0.717) is 0 Å². The molecule has 0 aromatic carbocycles. The van der Waals surface area contributed by atoms with Crippen LogP contribution in [-0.2, 0) is 8.85 Å². The molecule has 0 unspecified atom stereocenters. The van der Waals surface area contributed by atoms with Gasteiger partial charge in [-0.2, -0.15) is 0 Å². The Hall–Kier alpha value is 0.137. The molecule has 0 amide bonds. The molecule has 0 aliphatic carbocycles. The third-order valence-corrected chi connectivity index (χ3v) is 8.79. The van der Waals surface area contributed by atoms with E-state index in [9.17, 15) is 0 Å². The Labute approximate surface area is 199 Å². The van der Waals surface area contributed by atoms with Gasteiger partial charge in [0.05, 0.1) is 0 Å². The number of hydrogen-bond acceptors (Lipinski definition) is 2. The molecule has 0 saturated heterocycles. The second-order valence-electron chi connectivity index (χ2n) is 9.55. The largest absolute Gasteiger partial charge is 0.397 e. The van der Waals surface area contributed by atoms with Crippen molar-refractivity contribution in [3.05, 3.63) is 0 Å². The van der Waals surface area contributed by atoms with Crippen LogP contribution in [0.1, 0.15) is 162 Å². The Morgan fingerprint density at radius 1 is 0.355 bits per heavy atom. The minimum Gasteiger partial charge on any atom is -0.397 e. The quantitative estimate of drug-likeness (QED) is 0.0904. The fourth-order valence-electron chi connectivity index (χ4n) is 4.51. The zero-order valence-corrected chi connectivity index (χ0v) is 23.2. The van der Waals surface area contributed by atoms with Crippen molar-refractivity contribution in [2.45, 2.75) is 168 Å². The Morgan fingerprint density at radius 3 is 0.871 bits per heavy atom. The maximum atomic E-state index is 5.75. The highest BCUT2D eigenvalue weighted by molar-refractivity contribution is 6.44. The average molecular weight is 457 g/mol. The molecule has 0 aliphatic rings. The molecule has 0 saturated carbocycles. The minimum atomic E-state index is -1.33. The lowest BCUT2D eigenvalue weighted by molar-refractivity contribution is 0.212. The van der Waals surface area contributed by atoms with E-state index in [1.54, 1.807) is 0 Å². The molecular formula is C28H60O2Si. The predicted octanol–water partition coefficient (Wildman–Crippen LogP) is 9.88. The molecule has 0 radical (unpaired) electrons. The highest BCUT2D eigenvalue weighted by Gasteiger charge is 2.10. The van der Waals surface area contributed by atoms with Gasteiger partial charge in [-0.3, -0.25) is 0 Å². The van der Waals surface area contributed by atoms with E-state index in [0.717, 1.165) is 13.2 Å². The Kier molecular flexibility index (Phi) is 28.3. The van der Waals surface area contributed by atoms with Gasteiger partial charge in [0, 0.05) is 13.2 Å². The van der Waals surface area contributed by atoms with Crippen LogP contribution in [0.15, 0.2) is 0 Å². The van der Waals surface area contributed by atoms with Gasteiger partial charge in [0.25, 0.3) is 0 Å². The first kappa shape index (κ1) is 31.1. The van der Waals surface area contributed by atoms with Gasteiger partial charge in [-0.15, -0.1) is 0 Å². The molecule has 0 fully saturated rings. The smallest absolute Gasteiger partial charge is 0.321 e. The molecule has 0 heterocycles. The van der Waals surface area contributed by atoms with E-state index in [2.05, 4.69) is 20.8 Å². The van der Waals surface area contributed by atoms with E-state index in [-0.39, 0.29) is 0 Å². The SMILES string of the molecule is CCCCCCCCCCCCCCCCCCCCCCCC[SiH](OCC)OCC. The van der Waals surface area contributed by atoms with Crippen molar-refractivity contribution in [3.8, 4) is 0 Å². The Balaban J connectivity index is 3.11. The van der Waals surface area contributed by atoms with Crippen molar-refractivity contribution in [1.82, 2.24) is 0 Å². The zero-order chi connectivity index (χ0) is 22.7. The molecule has 31 heavy (non-hydrogen) atoms. The van der Waals surface area contributed by atoms with Gasteiger partial charge in [0.2, 0.25) is 0 Å². The topological polar surface area (TPSA) is 18.5 Å². The fourth-order valence-corrected chi connectivity index (χ4v) is 6.30. The lowest BCUT2D eigenvalue weighted by Crippen LogP contribution is -2.22. The van der Waals surface area contributed by atoms with Gasteiger partial charge in [-0.1, -0.05) is 148 Å². The summed E-state index contributed by atoms with van der Waals surface area (Å²) in [6.07, 6.45) is 31.8. The van der Waals surface area contributed by atoms with Gasteiger partial charge in [-0.25, -0.2) is 0 Å². The van der Waals surface area contributed by atoms with Gasteiger partial charge >= 0.3 is 9.28 Å². The van der Waals surface area contributed by atoms with E-state index >= 15 is 0 Å². The summed E-state index contributed by atoms with van der Waals surface area (Å²) in [5.41, 5.74) is 0. The highest BCUT2D eigenvalue weighted by Crippen LogP contribution is 2.15. The molecule has 0 aliphatic heterocycles. The van der Waals surface area contributed by atoms with Gasteiger partial charge in [-0.05, 0) is 19.9 Å². The summed E-state index contributed by atoms with van der Waals surface area (Å²) in [5, 5.41) is 0. The molecular weight excluding hydrogens is 396 g/mol. The van der Waals surface area contributed by atoms with Gasteiger partial charge in [0.1, 0.15) is 0 Å². The number of unbranched alkanes of at least 4 members (excludes halogenated alkanes) is 21. The maximum absolute atomic E-state index is 5.75. The van der Waals surface area contributed by atoms with Crippen LogP contribution < -0.4 is 0 Å². The van der Waals surface area contributed by atoms with Crippen LogP contribution in [0.25, 0.3) is 0 Å². The average Bonchev–Trinajstić information content (AvgIpc) is 2.77. The third kappa shape index (κ3) is 26.3. The van der Waals surface area contributed by atoms with Crippen LogP contribution in [0.2, 0.25) is 6.04 Å². The summed E-state index contributed by atoms with van der Waals surface area (Å²) < 4.78 is 11.5. The Bertz CT molecular complexity index is 305. The van der Waals surface area contributed by atoms with Crippen LogP contribution >= 0.6 is 0 Å². The summed E-state index contributed by atoms with van der Waals surface area (Å²) in [4.78, 5) is 0. The first-order valence-electron chi connectivity index (χ1n) is 14.6. The molecule has 3 heteroatoms. The second kappa shape index (κ2) is 28.2. The van der Waals surface area contributed by atoms with Crippen LogP contribution in [0.4, 0.5) is 0 Å². The van der Waals surface area contributed by atoms with Crippen molar-refractivity contribution in [2.24, 2.45) is 0 Å². The summed E-state index contributed by atoms with van der Waals surface area (Å²) in [7, 11) is -1.33. The van der Waals surface area contributed by atoms with Crippen LogP contribution in [0.3, 0.4) is 0 Å². The van der Waals surface area contributed by atoms with E-state index in [1.807, 2.05) is 0 Å². The van der Waals surface area contributed by atoms with E-state index in [4.69, 9.17) is 8.85 Å². The summed E-state index contributed by atoms with van der Waals surface area (Å²) >= 11 is 0. The van der Waals surface area contributed by atoms with Gasteiger partial charge in [0.15, 0.2) is 0 Å². The predicted molar refractivity (Wildman–Crippen MR) is 142 cm³/mol. The molecule has 0 atom stereocenters. The molecule has 0 rings (SSSR count). The van der Waals surface area contributed by atoms with Crippen LogP contribution in [-0.4, -0.2) is 22.5 Å². The lowest BCUT2D eigenvalue weighted by Gasteiger charge is -2.14. The highest BCUT2D eigenvalue weighted by atomic mass is 28.3. The van der Waals surface area contributed by atoms with Crippen molar-refractivity contribution in [3.63, 3.8) is 0 Å². The van der Waals surface area contributed by atoms with Crippen molar-refractivity contribution >= 4 is 9.28 Å². The summed E-state index contributed by atoms with van der Waals surface area (Å²) in [6.45, 7) is 8.09. The van der Waals surface area contributed by atoms with Crippen molar-refractivity contribution < 1.29 is 8.85 Å². The monoisotopic (exact) mass is 456 g/mol. The van der Waals surface area contributed by atoms with Crippen LogP contribution in [0, 0.1) is 0 Å². The van der Waals surface area contributed by atoms with Crippen molar-refractivity contribution in [2.75, 3.05) is 13.2 Å². The molecule has 0 aromatic rings. The summed E-state index contributed by atoms with van der Waals surface area (Å²) in [5.74, 6) is 0. The fraction of sp³-hybridized carbons (Fsp3) is 1.00.